The van der Waals surface area contributed by atoms with Gasteiger partial charge in [0.15, 0.2) is 5.92 Å². The lowest BCUT2D eigenvalue weighted by molar-refractivity contribution is -0.137. The highest BCUT2D eigenvalue weighted by molar-refractivity contribution is 7.80. The second-order valence-electron chi connectivity index (χ2n) is 5.10. The van der Waals surface area contributed by atoms with Gasteiger partial charge in [0.25, 0.3) is 0 Å². The van der Waals surface area contributed by atoms with E-state index in [0.29, 0.717) is 10.7 Å². The van der Waals surface area contributed by atoms with Gasteiger partial charge in [0, 0.05) is 5.69 Å². The van der Waals surface area contributed by atoms with Gasteiger partial charge in [-0.05, 0) is 30.3 Å². The number of nitrogens with zero attached hydrogens (tertiary/aromatic N) is 1. The van der Waals surface area contributed by atoms with Crippen LogP contribution in [0, 0.1) is 17.2 Å². The highest BCUT2D eigenvalue weighted by Crippen LogP contribution is 2.30. The average Bonchev–Trinajstić information content (AvgIpc) is 2.57. The van der Waals surface area contributed by atoms with Gasteiger partial charge in [0.2, 0.25) is 5.91 Å². The summed E-state index contributed by atoms with van der Waals surface area (Å²) < 4.78 is 38.2. The van der Waals surface area contributed by atoms with E-state index in [1.165, 1.54) is 6.07 Å². The van der Waals surface area contributed by atoms with Gasteiger partial charge in [-0.2, -0.15) is 18.4 Å². The van der Waals surface area contributed by atoms with E-state index >= 15 is 0 Å². The number of nitrogens with one attached hydrogen (secondary N) is 2. The molecule has 2 N–H and O–H groups in total. The molecule has 1 amide bonds. The molecule has 0 aliphatic rings. The molecule has 0 radical (unpaired) electrons. The van der Waals surface area contributed by atoms with E-state index in [2.05, 4.69) is 10.6 Å². The standard InChI is InChI=1S/C17H11ClF3N3OS/c18-13-6-1-2-7-14(13)24-16(26)12(9-22)15(25)23-11-5-3-4-10(8-11)17(19,20)21/h1-8,12H,(H,23,25)(H,24,26)/t12-/m0/s1. The van der Waals surface area contributed by atoms with Crippen molar-refractivity contribution in [3.63, 3.8) is 0 Å². The van der Waals surface area contributed by atoms with E-state index in [9.17, 15) is 23.2 Å². The van der Waals surface area contributed by atoms with Crippen molar-refractivity contribution in [1.82, 2.24) is 0 Å². The van der Waals surface area contributed by atoms with Crippen molar-refractivity contribution in [2.24, 2.45) is 5.92 Å². The molecule has 0 spiro atoms. The van der Waals surface area contributed by atoms with Gasteiger partial charge in [0.1, 0.15) is 4.99 Å². The third-order valence-electron chi connectivity index (χ3n) is 3.24. The number of alkyl halides is 3. The van der Waals surface area contributed by atoms with Crippen LogP contribution in [0.25, 0.3) is 0 Å². The molecule has 0 aliphatic carbocycles. The molecule has 0 heterocycles. The van der Waals surface area contributed by atoms with E-state index in [1.54, 1.807) is 30.3 Å². The first-order valence-electron chi connectivity index (χ1n) is 7.15. The van der Waals surface area contributed by atoms with Gasteiger partial charge in [-0.3, -0.25) is 4.79 Å². The molecule has 0 bridgehead atoms. The Kier molecular flexibility index (Phi) is 6.18. The van der Waals surface area contributed by atoms with E-state index < -0.39 is 23.6 Å². The third kappa shape index (κ3) is 4.94. The molecule has 4 nitrogen and oxygen atoms in total. The number of thiocarbonyl (C=S) groups is 1. The van der Waals surface area contributed by atoms with Gasteiger partial charge in [-0.15, -0.1) is 0 Å². The predicted molar refractivity (Wildman–Crippen MR) is 96.8 cm³/mol. The first-order chi connectivity index (χ1) is 12.2. The van der Waals surface area contributed by atoms with Gasteiger partial charge >= 0.3 is 6.18 Å². The summed E-state index contributed by atoms with van der Waals surface area (Å²) in [5.74, 6) is -2.26. The first-order valence-corrected chi connectivity index (χ1v) is 7.94. The van der Waals surface area contributed by atoms with E-state index in [4.69, 9.17) is 23.8 Å². The summed E-state index contributed by atoms with van der Waals surface area (Å²) in [4.78, 5) is 12.1. The van der Waals surface area contributed by atoms with Crippen LogP contribution in [0.3, 0.4) is 0 Å². The average molecular weight is 398 g/mol. The zero-order valence-corrected chi connectivity index (χ0v) is 14.5. The number of halogens is 4. The Balaban J connectivity index is 2.13. The molecular formula is C17H11ClF3N3OS. The summed E-state index contributed by atoms with van der Waals surface area (Å²) in [5, 5.41) is 14.5. The maximum absolute atomic E-state index is 12.7. The van der Waals surface area contributed by atoms with Crippen LogP contribution in [0.2, 0.25) is 5.02 Å². The number of rotatable bonds is 4. The van der Waals surface area contributed by atoms with Crippen LogP contribution in [0.5, 0.6) is 0 Å². The number of anilines is 2. The number of hydrogen-bond donors (Lipinski definition) is 2. The number of amides is 1. The van der Waals surface area contributed by atoms with Crippen molar-refractivity contribution >= 4 is 46.1 Å². The second kappa shape index (κ2) is 8.17. The Morgan fingerprint density at radius 3 is 2.46 bits per heavy atom. The van der Waals surface area contributed by atoms with E-state index in [1.807, 2.05) is 0 Å². The molecule has 134 valence electrons. The van der Waals surface area contributed by atoms with Crippen LogP contribution in [0.4, 0.5) is 24.5 Å². The number of carbonyl (C=O) groups is 1. The summed E-state index contributed by atoms with van der Waals surface area (Å²) in [5.41, 5.74) is -0.600. The third-order valence-corrected chi connectivity index (χ3v) is 3.91. The van der Waals surface area contributed by atoms with Crippen LogP contribution < -0.4 is 10.6 Å². The summed E-state index contributed by atoms with van der Waals surface area (Å²) in [7, 11) is 0. The summed E-state index contributed by atoms with van der Waals surface area (Å²) in [6.45, 7) is 0. The molecule has 1 atom stereocenters. The smallest absolute Gasteiger partial charge is 0.347 e. The fourth-order valence-corrected chi connectivity index (χ4v) is 2.44. The molecule has 0 unspecified atom stereocenters. The molecule has 0 aliphatic heterocycles. The molecule has 26 heavy (non-hydrogen) atoms. The van der Waals surface area contributed by atoms with E-state index in [0.717, 1.165) is 18.2 Å². The summed E-state index contributed by atoms with van der Waals surface area (Å²) in [6, 6.07) is 12.4. The Labute approximate surface area is 157 Å². The minimum Gasteiger partial charge on any atom is -0.347 e. The number of carbonyl (C=O) groups excluding carboxylic acids is 1. The fourth-order valence-electron chi connectivity index (χ4n) is 1.99. The van der Waals surface area contributed by atoms with Crippen LogP contribution >= 0.6 is 23.8 Å². The Bertz CT molecular complexity index is 880. The maximum atomic E-state index is 12.7. The van der Waals surface area contributed by atoms with Gasteiger partial charge in [-0.25, -0.2) is 0 Å². The summed E-state index contributed by atoms with van der Waals surface area (Å²) in [6.07, 6.45) is -4.55. The minimum absolute atomic E-state index is 0.0920. The monoisotopic (exact) mass is 397 g/mol. The van der Waals surface area contributed by atoms with Crippen LogP contribution in [0.1, 0.15) is 5.56 Å². The quantitative estimate of drug-likeness (QED) is 0.722. The number of para-hydroxylation sites is 1. The molecular weight excluding hydrogens is 387 g/mol. The highest BCUT2D eigenvalue weighted by Gasteiger charge is 2.31. The van der Waals surface area contributed by atoms with Crippen molar-refractivity contribution in [1.29, 1.82) is 5.26 Å². The Morgan fingerprint density at radius 1 is 1.15 bits per heavy atom. The van der Waals surface area contributed by atoms with E-state index in [-0.39, 0.29) is 10.7 Å². The van der Waals surface area contributed by atoms with Crippen molar-refractivity contribution in [3.05, 3.63) is 59.1 Å². The molecule has 0 saturated carbocycles. The molecule has 0 fully saturated rings. The Hall–Kier alpha value is -2.63. The number of benzene rings is 2. The van der Waals surface area contributed by atoms with Crippen molar-refractivity contribution in [2.75, 3.05) is 10.6 Å². The molecule has 0 aromatic heterocycles. The molecule has 2 rings (SSSR count). The first kappa shape index (κ1) is 19.7. The van der Waals surface area contributed by atoms with Crippen LogP contribution in [-0.2, 0) is 11.0 Å². The summed E-state index contributed by atoms with van der Waals surface area (Å²) >= 11 is 11.0. The molecule has 0 saturated heterocycles. The number of hydrogen-bond acceptors (Lipinski definition) is 3. The lowest BCUT2D eigenvalue weighted by Gasteiger charge is -2.15. The Morgan fingerprint density at radius 2 is 1.85 bits per heavy atom. The SMILES string of the molecule is N#C[C@@H](C(=O)Nc1cccc(C(F)(F)F)c1)C(=S)Nc1ccccc1Cl. The van der Waals surface area contributed by atoms with Crippen molar-refractivity contribution in [2.45, 2.75) is 6.18 Å². The van der Waals surface area contributed by atoms with Gasteiger partial charge in [-0.1, -0.05) is 42.0 Å². The number of nitriles is 1. The van der Waals surface area contributed by atoms with Gasteiger partial charge in [0.05, 0.1) is 22.3 Å². The second-order valence-corrected chi connectivity index (χ2v) is 5.95. The topological polar surface area (TPSA) is 64.9 Å². The highest BCUT2D eigenvalue weighted by atomic mass is 35.5. The predicted octanol–water partition coefficient (Wildman–Crippen LogP) is 4.88. The van der Waals surface area contributed by atoms with Crippen LogP contribution in [-0.4, -0.2) is 10.9 Å². The normalized spacial score (nSPS) is 12.0. The lowest BCUT2D eigenvalue weighted by Crippen LogP contribution is -2.31. The van der Waals surface area contributed by atoms with Crippen LogP contribution in [0.15, 0.2) is 48.5 Å². The fraction of sp³-hybridized carbons (Fsp3) is 0.118. The van der Waals surface area contributed by atoms with Gasteiger partial charge < -0.3 is 10.6 Å². The zero-order chi connectivity index (χ0) is 19.3. The molecule has 2 aromatic carbocycles. The van der Waals surface area contributed by atoms with Crippen molar-refractivity contribution < 1.29 is 18.0 Å². The maximum Gasteiger partial charge on any atom is 0.416 e. The zero-order valence-electron chi connectivity index (χ0n) is 13.0. The lowest BCUT2D eigenvalue weighted by atomic mass is 10.1. The molecule has 9 heteroatoms. The minimum atomic E-state index is -4.55. The van der Waals surface area contributed by atoms with Crippen molar-refractivity contribution in [3.8, 4) is 6.07 Å². The largest absolute Gasteiger partial charge is 0.416 e. The molecule has 2 aromatic rings.